The smallest absolute Gasteiger partial charge is 0.317 e. The minimum absolute atomic E-state index is 0.000306. The van der Waals surface area contributed by atoms with E-state index >= 15 is 0 Å². The molecule has 5 nitrogen and oxygen atoms in total. The Bertz CT molecular complexity index is 961. The Labute approximate surface area is 160 Å². The number of aromatic amines is 1. The molecule has 4 rings (SSSR count). The molecule has 2 aromatic rings. The van der Waals surface area contributed by atoms with Gasteiger partial charge in [0.2, 0.25) is 0 Å². The number of aromatic nitrogens is 1. The highest BCUT2D eigenvalue weighted by Gasteiger charge is 2.35. The summed E-state index contributed by atoms with van der Waals surface area (Å²) in [5.41, 5.74) is 5.73. The van der Waals surface area contributed by atoms with Crippen LogP contribution in [-0.2, 0) is 6.42 Å². The van der Waals surface area contributed by atoms with Crippen molar-refractivity contribution in [2.24, 2.45) is 0 Å². The number of hydrogen-bond acceptors (Lipinski definition) is 2. The summed E-state index contributed by atoms with van der Waals surface area (Å²) in [5, 5.41) is 4.42. The molecular weight excluding hydrogens is 336 g/mol. The average Bonchev–Trinajstić information content (AvgIpc) is 3.03. The van der Waals surface area contributed by atoms with Crippen molar-refractivity contribution in [3.05, 3.63) is 41.1 Å². The van der Waals surface area contributed by atoms with Gasteiger partial charge in [0.05, 0.1) is 11.7 Å². The standard InChI is InChI=1S/C22H26N4O/c1-5-18-17-12-20-16(15-9-8-10-19(24-18)21(15)17)11-14(13-25(20)4)23-22(27)26(6-2)7-3/h1,8-11,14,20,24H,6-7,12-13H2,2-4H3,(H,23,27)/t14-,20+/m0/s1. The molecule has 2 N–H and O–H groups in total. The Morgan fingerprint density at radius 2 is 2.19 bits per heavy atom. The van der Waals surface area contributed by atoms with Crippen molar-refractivity contribution in [3.63, 3.8) is 0 Å². The summed E-state index contributed by atoms with van der Waals surface area (Å²) in [6, 6.07) is 6.60. The number of benzene rings is 1. The second kappa shape index (κ2) is 6.79. The molecule has 2 aliphatic rings. The normalized spacial score (nSPS) is 21.3. The fraction of sp³-hybridized carbons (Fsp3) is 0.409. The molecule has 1 aromatic heterocycles. The van der Waals surface area contributed by atoms with Crippen molar-refractivity contribution in [1.29, 1.82) is 0 Å². The molecule has 0 unspecified atom stereocenters. The highest BCUT2D eigenvalue weighted by atomic mass is 16.2. The van der Waals surface area contributed by atoms with Gasteiger partial charge in [0, 0.05) is 36.6 Å². The van der Waals surface area contributed by atoms with E-state index in [0.29, 0.717) is 13.1 Å². The van der Waals surface area contributed by atoms with E-state index in [0.717, 1.165) is 24.2 Å². The van der Waals surface area contributed by atoms with Gasteiger partial charge in [-0.05, 0) is 50.1 Å². The third-order valence-corrected chi connectivity index (χ3v) is 5.90. The molecule has 2 atom stereocenters. The van der Waals surface area contributed by atoms with Gasteiger partial charge < -0.3 is 15.2 Å². The molecule has 2 heterocycles. The largest absolute Gasteiger partial charge is 0.348 e. The molecule has 5 heteroatoms. The highest BCUT2D eigenvalue weighted by molar-refractivity contribution is 6.00. The van der Waals surface area contributed by atoms with E-state index in [4.69, 9.17) is 6.42 Å². The van der Waals surface area contributed by atoms with E-state index in [9.17, 15) is 4.79 Å². The second-order valence-electron chi connectivity index (χ2n) is 7.36. The van der Waals surface area contributed by atoms with Crippen LogP contribution in [-0.4, -0.2) is 59.6 Å². The summed E-state index contributed by atoms with van der Waals surface area (Å²) >= 11 is 0. The molecule has 1 aromatic carbocycles. The Balaban J connectivity index is 1.74. The number of likely N-dealkylation sites (N-methyl/N-ethyl adjacent to an activating group) is 1. The number of hydrogen-bond donors (Lipinski definition) is 2. The quantitative estimate of drug-likeness (QED) is 0.825. The van der Waals surface area contributed by atoms with Gasteiger partial charge in [0.25, 0.3) is 0 Å². The molecule has 140 valence electrons. The van der Waals surface area contributed by atoms with Crippen LogP contribution in [0.1, 0.15) is 30.7 Å². The number of terminal acetylenes is 1. The first-order chi connectivity index (χ1) is 13.1. The van der Waals surface area contributed by atoms with Crippen molar-refractivity contribution in [2.45, 2.75) is 32.4 Å². The third kappa shape index (κ3) is 2.81. The number of fused-ring (bicyclic) bond motifs is 2. The maximum atomic E-state index is 12.5. The van der Waals surface area contributed by atoms with E-state index < -0.39 is 0 Å². The number of H-pyrrole nitrogens is 1. The molecule has 0 saturated heterocycles. The van der Waals surface area contributed by atoms with Crippen molar-refractivity contribution in [3.8, 4) is 12.3 Å². The lowest BCUT2D eigenvalue weighted by molar-refractivity contribution is 0.193. The molecule has 2 amide bonds. The first kappa shape index (κ1) is 17.7. The minimum atomic E-state index is -0.00259. The van der Waals surface area contributed by atoms with E-state index in [1.807, 2.05) is 18.7 Å². The van der Waals surface area contributed by atoms with Crippen LogP contribution in [0.3, 0.4) is 0 Å². The Kier molecular flexibility index (Phi) is 4.45. The number of nitrogens with zero attached hydrogens (tertiary/aromatic N) is 2. The molecular formula is C22H26N4O. The molecule has 0 fully saturated rings. The lowest BCUT2D eigenvalue weighted by Gasteiger charge is -2.40. The summed E-state index contributed by atoms with van der Waals surface area (Å²) < 4.78 is 0. The van der Waals surface area contributed by atoms with Crippen LogP contribution in [0, 0.1) is 12.3 Å². The molecule has 0 radical (unpaired) electrons. The summed E-state index contributed by atoms with van der Waals surface area (Å²) in [6.45, 7) is 6.23. The van der Waals surface area contributed by atoms with Crippen LogP contribution in [0.15, 0.2) is 24.3 Å². The summed E-state index contributed by atoms with van der Waals surface area (Å²) in [6.07, 6.45) is 8.88. The van der Waals surface area contributed by atoms with Gasteiger partial charge in [-0.3, -0.25) is 4.90 Å². The fourth-order valence-corrected chi connectivity index (χ4v) is 4.52. The maximum absolute atomic E-state index is 12.5. The number of rotatable bonds is 3. The van der Waals surface area contributed by atoms with Crippen molar-refractivity contribution in [2.75, 3.05) is 26.7 Å². The number of amides is 2. The van der Waals surface area contributed by atoms with Gasteiger partial charge in [-0.25, -0.2) is 4.79 Å². The monoisotopic (exact) mass is 362 g/mol. The van der Waals surface area contributed by atoms with Crippen LogP contribution in [0.4, 0.5) is 4.79 Å². The van der Waals surface area contributed by atoms with Crippen LogP contribution < -0.4 is 5.32 Å². The summed E-state index contributed by atoms with van der Waals surface area (Å²) in [4.78, 5) is 20.0. The summed E-state index contributed by atoms with van der Waals surface area (Å²) in [5.74, 6) is 2.81. The molecule has 0 saturated carbocycles. The highest BCUT2D eigenvalue weighted by Crippen LogP contribution is 2.41. The SMILES string of the molecule is C#Cc1[nH]c2cccc3c2c1C[C@@H]1C3=C[C@H](NC(=O)N(CC)CC)CN1C. The molecule has 27 heavy (non-hydrogen) atoms. The first-order valence-electron chi connectivity index (χ1n) is 9.65. The van der Waals surface area contributed by atoms with E-state index in [2.05, 4.69) is 52.4 Å². The number of carbonyl (C=O) groups is 1. The van der Waals surface area contributed by atoms with Crippen LogP contribution in [0.5, 0.6) is 0 Å². The van der Waals surface area contributed by atoms with Gasteiger partial charge in [0.15, 0.2) is 0 Å². The first-order valence-corrected chi connectivity index (χ1v) is 9.65. The lowest BCUT2D eigenvalue weighted by atomic mass is 9.80. The van der Waals surface area contributed by atoms with Crippen molar-refractivity contribution in [1.82, 2.24) is 20.1 Å². The maximum Gasteiger partial charge on any atom is 0.317 e. The van der Waals surface area contributed by atoms with E-state index in [1.54, 1.807) is 0 Å². The van der Waals surface area contributed by atoms with E-state index in [-0.39, 0.29) is 18.1 Å². The van der Waals surface area contributed by atoms with Gasteiger partial charge in [-0.2, -0.15) is 0 Å². The van der Waals surface area contributed by atoms with Gasteiger partial charge in [-0.1, -0.05) is 24.1 Å². The molecule has 0 bridgehead atoms. The Morgan fingerprint density at radius 3 is 2.89 bits per heavy atom. The lowest BCUT2D eigenvalue weighted by Crippen LogP contribution is -2.52. The number of nitrogens with one attached hydrogen (secondary N) is 2. The zero-order valence-corrected chi connectivity index (χ0v) is 16.2. The van der Waals surface area contributed by atoms with Crippen molar-refractivity contribution < 1.29 is 4.79 Å². The molecule has 1 aliphatic carbocycles. The number of carbonyl (C=O) groups excluding carboxylic acids is 1. The molecule has 0 spiro atoms. The second-order valence-corrected chi connectivity index (χ2v) is 7.36. The summed E-state index contributed by atoms with van der Waals surface area (Å²) in [7, 11) is 2.13. The third-order valence-electron chi connectivity index (χ3n) is 5.90. The van der Waals surface area contributed by atoms with Crippen molar-refractivity contribution >= 4 is 22.5 Å². The zero-order valence-electron chi connectivity index (χ0n) is 16.2. The zero-order chi connectivity index (χ0) is 19.1. The predicted octanol–water partition coefficient (Wildman–Crippen LogP) is 2.82. The molecule has 1 aliphatic heterocycles. The van der Waals surface area contributed by atoms with Crippen LogP contribution in [0.25, 0.3) is 16.5 Å². The Morgan fingerprint density at radius 1 is 1.41 bits per heavy atom. The minimum Gasteiger partial charge on any atom is -0.348 e. The van der Waals surface area contributed by atoms with E-state index in [1.165, 1.54) is 22.1 Å². The van der Waals surface area contributed by atoms with Crippen LogP contribution in [0.2, 0.25) is 0 Å². The number of urea groups is 1. The van der Waals surface area contributed by atoms with Crippen LogP contribution >= 0.6 is 0 Å². The Hall–Kier alpha value is -2.71. The topological polar surface area (TPSA) is 51.4 Å². The average molecular weight is 362 g/mol. The van der Waals surface area contributed by atoms with Gasteiger partial charge in [0.1, 0.15) is 0 Å². The fourth-order valence-electron chi connectivity index (χ4n) is 4.52. The van der Waals surface area contributed by atoms with Gasteiger partial charge >= 0.3 is 6.03 Å². The predicted molar refractivity (Wildman–Crippen MR) is 110 cm³/mol. The van der Waals surface area contributed by atoms with Gasteiger partial charge in [-0.15, -0.1) is 6.42 Å².